The molecule has 122 valence electrons. The fourth-order valence-electron chi connectivity index (χ4n) is 1.52. The molecule has 0 saturated heterocycles. The van der Waals surface area contributed by atoms with Crippen LogP contribution in [-0.2, 0) is 0 Å². The van der Waals surface area contributed by atoms with Crippen molar-refractivity contribution in [3.8, 4) is 17.3 Å². The topological polar surface area (TPSA) is 87.1 Å². The van der Waals surface area contributed by atoms with Crippen LogP contribution in [-0.4, -0.2) is 22.2 Å². The van der Waals surface area contributed by atoms with E-state index in [1.54, 1.807) is 13.2 Å². The predicted molar refractivity (Wildman–Crippen MR) is 91.0 cm³/mol. The van der Waals surface area contributed by atoms with Gasteiger partial charge in [0.25, 0.3) is 0 Å². The van der Waals surface area contributed by atoms with E-state index in [0.717, 1.165) is 11.4 Å². The quantitative estimate of drug-likeness (QED) is 0.725. The highest BCUT2D eigenvalue weighted by Crippen LogP contribution is 2.19. The van der Waals surface area contributed by atoms with Crippen molar-refractivity contribution in [1.82, 2.24) is 15.1 Å². The second-order valence-electron chi connectivity index (χ2n) is 4.19. The summed E-state index contributed by atoms with van der Waals surface area (Å²) in [5, 5.41) is 3.77. The minimum absolute atomic E-state index is 0.504. The number of aryl methyl sites for hydroxylation is 1. The second-order valence-corrected chi connectivity index (χ2v) is 4.19. The van der Waals surface area contributed by atoms with E-state index in [1.165, 1.54) is 6.33 Å². The first-order chi connectivity index (χ1) is 11.2. The standard InChI is InChI=1S/C9H9N3O2.C6H7N.C2H6/c1-6-3-8(14-12-6)7-4-9(13-2)11-5-10-7;7-6-4-2-1-3-5-6;1-2/h3-5H,1-2H3;1-5H,7H2;1-2H3. The van der Waals surface area contributed by atoms with Crippen LogP contribution in [0.5, 0.6) is 5.88 Å². The van der Waals surface area contributed by atoms with Crippen LogP contribution in [0, 0.1) is 6.92 Å². The fourth-order valence-corrected chi connectivity index (χ4v) is 1.52. The number of nitrogen functional groups attached to an aromatic ring is 1. The molecule has 0 bridgehead atoms. The van der Waals surface area contributed by atoms with Gasteiger partial charge in [-0.15, -0.1) is 0 Å². The maximum absolute atomic E-state index is 5.36. The molecule has 0 unspecified atom stereocenters. The van der Waals surface area contributed by atoms with Crippen LogP contribution in [0.2, 0.25) is 0 Å². The van der Waals surface area contributed by atoms with Crippen LogP contribution in [0.1, 0.15) is 19.5 Å². The third-order valence-electron chi connectivity index (χ3n) is 2.53. The van der Waals surface area contributed by atoms with Gasteiger partial charge in [-0.25, -0.2) is 9.97 Å². The molecule has 0 saturated carbocycles. The molecule has 6 nitrogen and oxygen atoms in total. The highest BCUT2D eigenvalue weighted by atomic mass is 16.5. The van der Waals surface area contributed by atoms with E-state index in [0.29, 0.717) is 17.3 Å². The molecule has 0 atom stereocenters. The molecule has 6 heteroatoms. The number of para-hydroxylation sites is 1. The van der Waals surface area contributed by atoms with Gasteiger partial charge in [0.05, 0.1) is 12.8 Å². The maximum atomic E-state index is 5.36. The Morgan fingerprint density at radius 1 is 1.04 bits per heavy atom. The molecule has 0 amide bonds. The van der Waals surface area contributed by atoms with Gasteiger partial charge in [0, 0.05) is 17.8 Å². The number of hydrogen-bond donors (Lipinski definition) is 1. The minimum Gasteiger partial charge on any atom is -0.481 e. The first-order valence-electron chi connectivity index (χ1n) is 7.29. The molecule has 0 aliphatic carbocycles. The summed E-state index contributed by atoms with van der Waals surface area (Å²) in [6, 6.07) is 13.0. The molecule has 3 rings (SSSR count). The van der Waals surface area contributed by atoms with Gasteiger partial charge in [0.1, 0.15) is 12.0 Å². The Morgan fingerprint density at radius 3 is 2.22 bits per heavy atom. The zero-order valence-electron chi connectivity index (χ0n) is 13.9. The minimum atomic E-state index is 0.504. The van der Waals surface area contributed by atoms with Crippen LogP contribution < -0.4 is 10.5 Å². The van der Waals surface area contributed by atoms with Gasteiger partial charge in [-0.2, -0.15) is 0 Å². The Kier molecular flexibility index (Phi) is 7.85. The molecule has 2 aromatic heterocycles. The lowest BCUT2D eigenvalue weighted by Crippen LogP contribution is -1.89. The van der Waals surface area contributed by atoms with E-state index in [4.69, 9.17) is 15.0 Å². The molecule has 23 heavy (non-hydrogen) atoms. The molecule has 1 aromatic carbocycles. The Morgan fingerprint density at radius 2 is 1.74 bits per heavy atom. The number of benzene rings is 1. The van der Waals surface area contributed by atoms with Gasteiger partial charge < -0.3 is 15.0 Å². The van der Waals surface area contributed by atoms with Gasteiger partial charge in [-0.05, 0) is 19.1 Å². The summed E-state index contributed by atoms with van der Waals surface area (Å²) < 4.78 is 10.0. The fraction of sp³-hybridized carbons (Fsp3) is 0.235. The van der Waals surface area contributed by atoms with Crippen LogP contribution in [0.25, 0.3) is 11.5 Å². The van der Waals surface area contributed by atoms with Crippen molar-refractivity contribution in [2.24, 2.45) is 0 Å². The summed E-state index contributed by atoms with van der Waals surface area (Å²) in [6.45, 7) is 5.85. The van der Waals surface area contributed by atoms with Crippen LogP contribution >= 0.6 is 0 Å². The normalized spacial score (nSPS) is 9.04. The van der Waals surface area contributed by atoms with Gasteiger partial charge >= 0.3 is 0 Å². The monoisotopic (exact) mass is 314 g/mol. The highest BCUT2D eigenvalue weighted by molar-refractivity contribution is 5.52. The van der Waals surface area contributed by atoms with Crippen molar-refractivity contribution in [3.63, 3.8) is 0 Å². The van der Waals surface area contributed by atoms with E-state index >= 15 is 0 Å². The lowest BCUT2D eigenvalue weighted by molar-refractivity contribution is 0.395. The molecular formula is C17H22N4O2. The molecule has 0 spiro atoms. The third-order valence-corrected chi connectivity index (χ3v) is 2.53. The second kappa shape index (κ2) is 9.94. The molecule has 0 fully saturated rings. The lowest BCUT2D eigenvalue weighted by atomic mass is 10.3. The van der Waals surface area contributed by atoms with E-state index in [2.05, 4.69) is 15.1 Å². The maximum Gasteiger partial charge on any atom is 0.216 e. The number of methoxy groups -OCH3 is 1. The van der Waals surface area contributed by atoms with Gasteiger partial charge in [0.2, 0.25) is 5.88 Å². The van der Waals surface area contributed by atoms with E-state index in [1.807, 2.05) is 57.2 Å². The summed E-state index contributed by atoms with van der Waals surface area (Å²) in [4.78, 5) is 7.94. The lowest BCUT2D eigenvalue weighted by Gasteiger charge is -1.98. The van der Waals surface area contributed by atoms with Crippen molar-refractivity contribution in [2.45, 2.75) is 20.8 Å². The van der Waals surface area contributed by atoms with Gasteiger partial charge in [-0.1, -0.05) is 37.2 Å². The summed E-state index contributed by atoms with van der Waals surface area (Å²) in [7, 11) is 1.55. The van der Waals surface area contributed by atoms with Crippen LogP contribution in [0.15, 0.2) is 53.3 Å². The van der Waals surface area contributed by atoms with E-state index in [9.17, 15) is 0 Å². The number of nitrogens with zero attached hydrogens (tertiary/aromatic N) is 3. The number of hydrogen-bond acceptors (Lipinski definition) is 6. The number of nitrogens with two attached hydrogens (primary N) is 1. The summed E-state index contributed by atoms with van der Waals surface area (Å²) in [6.07, 6.45) is 1.42. The third kappa shape index (κ3) is 6.17. The molecule has 0 radical (unpaired) electrons. The molecule has 2 heterocycles. The van der Waals surface area contributed by atoms with Crippen molar-refractivity contribution in [2.75, 3.05) is 12.8 Å². The average molecular weight is 314 g/mol. The van der Waals surface area contributed by atoms with Crippen molar-refractivity contribution >= 4 is 5.69 Å². The number of rotatable bonds is 2. The Hall–Kier alpha value is -2.89. The number of aromatic nitrogens is 3. The van der Waals surface area contributed by atoms with Gasteiger partial charge in [0.15, 0.2) is 5.76 Å². The van der Waals surface area contributed by atoms with Crippen LogP contribution in [0.4, 0.5) is 5.69 Å². The number of anilines is 1. The first kappa shape index (κ1) is 18.2. The van der Waals surface area contributed by atoms with E-state index < -0.39 is 0 Å². The Labute approximate surface area is 136 Å². The Balaban J connectivity index is 0.000000247. The zero-order valence-corrected chi connectivity index (χ0v) is 13.9. The highest BCUT2D eigenvalue weighted by Gasteiger charge is 2.06. The summed E-state index contributed by atoms with van der Waals surface area (Å²) in [5.41, 5.74) is 7.66. The summed E-state index contributed by atoms with van der Waals surface area (Å²) in [5.74, 6) is 1.12. The average Bonchev–Trinajstić information content (AvgIpc) is 3.04. The van der Waals surface area contributed by atoms with Gasteiger partial charge in [-0.3, -0.25) is 0 Å². The zero-order chi connectivity index (χ0) is 17.1. The predicted octanol–water partition coefficient (Wildman–Crippen LogP) is 3.74. The molecule has 3 aromatic rings. The van der Waals surface area contributed by atoms with Crippen molar-refractivity contribution in [1.29, 1.82) is 0 Å². The van der Waals surface area contributed by atoms with Crippen LogP contribution in [0.3, 0.4) is 0 Å². The molecule has 2 N–H and O–H groups in total. The molecular weight excluding hydrogens is 292 g/mol. The van der Waals surface area contributed by atoms with Crippen molar-refractivity contribution in [3.05, 3.63) is 54.5 Å². The first-order valence-corrected chi connectivity index (χ1v) is 7.29. The van der Waals surface area contributed by atoms with Crippen molar-refractivity contribution < 1.29 is 9.26 Å². The SMILES string of the molecule is CC.COc1cc(-c2cc(C)no2)ncn1.Nc1ccccc1. The summed E-state index contributed by atoms with van der Waals surface area (Å²) >= 11 is 0. The molecule has 0 aliphatic heterocycles. The largest absolute Gasteiger partial charge is 0.481 e. The molecule has 0 aliphatic rings. The van der Waals surface area contributed by atoms with E-state index in [-0.39, 0.29) is 0 Å². The Bertz CT molecular complexity index is 684. The smallest absolute Gasteiger partial charge is 0.216 e. The number of ether oxygens (including phenoxy) is 1.